The number of nitrogens with one attached hydrogen (secondary N) is 1. The summed E-state index contributed by atoms with van der Waals surface area (Å²) in [7, 11) is 2.89. The third-order valence-corrected chi connectivity index (χ3v) is 3.58. The van der Waals surface area contributed by atoms with E-state index in [4.69, 9.17) is 14.0 Å². The highest BCUT2D eigenvalue weighted by molar-refractivity contribution is 5.93. The zero-order valence-corrected chi connectivity index (χ0v) is 13.0. The second kappa shape index (κ2) is 6.59. The first kappa shape index (κ1) is 15.2. The van der Waals surface area contributed by atoms with E-state index in [1.165, 1.54) is 14.2 Å². The summed E-state index contributed by atoms with van der Waals surface area (Å²) in [5.74, 6) is 0.833. The Labute approximate surface area is 132 Å². The van der Waals surface area contributed by atoms with Gasteiger partial charge in [0.05, 0.1) is 20.8 Å². The van der Waals surface area contributed by atoms with Gasteiger partial charge in [0, 0.05) is 12.0 Å². The quantitative estimate of drug-likeness (QED) is 0.856. The highest BCUT2D eigenvalue weighted by Gasteiger charge is 2.24. The summed E-state index contributed by atoms with van der Waals surface area (Å²) >= 11 is 0. The second-order valence-electron chi connectivity index (χ2n) is 5.05. The molecule has 2 heterocycles. The van der Waals surface area contributed by atoms with Crippen molar-refractivity contribution in [3.05, 3.63) is 22.8 Å². The minimum Gasteiger partial charge on any atom is -0.467 e. The minimum atomic E-state index is -0.310. The van der Waals surface area contributed by atoms with E-state index in [2.05, 4.69) is 25.4 Å². The fourth-order valence-corrected chi connectivity index (χ4v) is 2.45. The molecular weight excluding hydrogens is 302 g/mol. The van der Waals surface area contributed by atoms with Crippen molar-refractivity contribution in [3.63, 3.8) is 0 Å². The SMILES string of the molecule is COc1nc(CNC(=O)c2noc3c2CCCC3)nc(OC)n1. The highest BCUT2D eigenvalue weighted by atomic mass is 16.5. The number of hydrogen-bond acceptors (Lipinski definition) is 8. The monoisotopic (exact) mass is 319 g/mol. The van der Waals surface area contributed by atoms with Crippen LogP contribution in [0.4, 0.5) is 0 Å². The van der Waals surface area contributed by atoms with Crippen LogP contribution in [0.5, 0.6) is 12.0 Å². The largest absolute Gasteiger partial charge is 0.467 e. The van der Waals surface area contributed by atoms with E-state index in [0.717, 1.165) is 37.0 Å². The van der Waals surface area contributed by atoms with Crippen LogP contribution in [0, 0.1) is 0 Å². The molecule has 3 rings (SSSR count). The number of nitrogens with zero attached hydrogens (tertiary/aromatic N) is 4. The van der Waals surface area contributed by atoms with Crippen molar-refractivity contribution in [3.8, 4) is 12.0 Å². The van der Waals surface area contributed by atoms with Gasteiger partial charge >= 0.3 is 12.0 Å². The number of amides is 1. The normalized spacial score (nSPS) is 13.3. The zero-order valence-electron chi connectivity index (χ0n) is 13.0. The van der Waals surface area contributed by atoms with E-state index in [9.17, 15) is 4.79 Å². The minimum absolute atomic E-state index is 0.107. The van der Waals surface area contributed by atoms with E-state index >= 15 is 0 Å². The molecule has 0 spiro atoms. The van der Waals surface area contributed by atoms with Gasteiger partial charge in [-0.2, -0.15) is 9.97 Å². The lowest BCUT2D eigenvalue weighted by Crippen LogP contribution is -2.26. The van der Waals surface area contributed by atoms with E-state index in [0.29, 0.717) is 11.5 Å². The number of hydrogen-bond donors (Lipinski definition) is 1. The fourth-order valence-electron chi connectivity index (χ4n) is 2.45. The van der Waals surface area contributed by atoms with Crippen molar-refractivity contribution in [2.75, 3.05) is 14.2 Å². The number of methoxy groups -OCH3 is 2. The number of ether oxygens (including phenoxy) is 2. The number of aromatic nitrogens is 4. The number of carbonyl (C=O) groups is 1. The molecule has 0 saturated heterocycles. The van der Waals surface area contributed by atoms with Gasteiger partial charge in [-0.3, -0.25) is 4.79 Å². The lowest BCUT2D eigenvalue weighted by molar-refractivity contribution is 0.0939. The van der Waals surface area contributed by atoms with Crippen LogP contribution in [0.15, 0.2) is 4.52 Å². The van der Waals surface area contributed by atoms with Gasteiger partial charge in [0.1, 0.15) is 5.76 Å². The predicted octanol–water partition coefficient (Wildman–Crippen LogP) is 0.686. The number of fused-ring (bicyclic) bond motifs is 1. The molecule has 1 amide bonds. The molecule has 0 fully saturated rings. The first-order chi connectivity index (χ1) is 11.2. The van der Waals surface area contributed by atoms with Gasteiger partial charge in [0.2, 0.25) is 0 Å². The molecule has 2 aromatic rings. The van der Waals surface area contributed by atoms with Crippen molar-refractivity contribution in [2.45, 2.75) is 32.2 Å². The van der Waals surface area contributed by atoms with Gasteiger partial charge in [0.15, 0.2) is 11.5 Å². The second-order valence-corrected chi connectivity index (χ2v) is 5.05. The average molecular weight is 319 g/mol. The number of rotatable bonds is 5. The highest BCUT2D eigenvalue weighted by Crippen LogP contribution is 2.24. The molecule has 122 valence electrons. The van der Waals surface area contributed by atoms with Crippen LogP contribution >= 0.6 is 0 Å². The molecule has 9 nitrogen and oxygen atoms in total. The Morgan fingerprint density at radius 3 is 2.52 bits per heavy atom. The third-order valence-electron chi connectivity index (χ3n) is 3.58. The predicted molar refractivity (Wildman–Crippen MR) is 77.2 cm³/mol. The maximum absolute atomic E-state index is 12.3. The zero-order chi connectivity index (χ0) is 16.2. The third kappa shape index (κ3) is 3.22. The van der Waals surface area contributed by atoms with Gasteiger partial charge in [-0.25, -0.2) is 0 Å². The van der Waals surface area contributed by atoms with Crippen LogP contribution in [0.1, 0.15) is 40.5 Å². The van der Waals surface area contributed by atoms with Crippen molar-refractivity contribution < 1.29 is 18.8 Å². The van der Waals surface area contributed by atoms with Crippen LogP contribution in [-0.2, 0) is 19.4 Å². The molecule has 0 bridgehead atoms. The van der Waals surface area contributed by atoms with Crippen molar-refractivity contribution in [1.29, 1.82) is 0 Å². The van der Waals surface area contributed by atoms with Crippen LogP contribution in [0.25, 0.3) is 0 Å². The Morgan fingerprint density at radius 1 is 1.13 bits per heavy atom. The lowest BCUT2D eigenvalue weighted by atomic mass is 9.96. The Hall–Kier alpha value is -2.71. The Bertz CT molecular complexity index is 693. The maximum Gasteiger partial charge on any atom is 0.322 e. The van der Waals surface area contributed by atoms with Crippen molar-refractivity contribution in [1.82, 2.24) is 25.4 Å². The standard InChI is InChI=1S/C14H17N5O4/c1-21-13-16-10(17-14(18-13)22-2)7-15-12(20)11-8-5-3-4-6-9(8)23-19-11/h3-7H2,1-2H3,(H,15,20). The molecule has 9 heteroatoms. The summed E-state index contributed by atoms with van der Waals surface area (Å²) in [6.45, 7) is 0.107. The molecule has 1 aliphatic rings. The summed E-state index contributed by atoms with van der Waals surface area (Å²) in [5, 5.41) is 6.62. The van der Waals surface area contributed by atoms with Gasteiger partial charge in [-0.05, 0) is 19.3 Å². The molecule has 0 atom stereocenters. The first-order valence-electron chi connectivity index (χ1n) is 7.30. The van der Waals surface area contributed by atoms with Crippen LogP contribution in [0.3, 0.4) is 0 Å². The average Bonchev–Trinajstić information content (AvgIpc) is 3.03. The lowest BCUT2D eigenvalue weighted by Gasteiger charge is -2.09. The van der Waals surface area contributed by atoms with Crippen LogP contribution in [0.2, 0.25) is 0 Å². The molecule has 2 aromatic heterocycles. The van der Waals surface area contributed by atoms with Crippen molar-refractivity contribution >= 4 is 5.91 Å². The van der Waals surface area contributed by atoms with E-state index in [1.54, 1.807) is 0 Å². The van der Waals surface area contributed by atoms with Gasteiger partial charge < -0.3 is 19.3 Å². The molecular formula is C14H17N5O4. The molecule has 0 radical (unpaired) electrons. The Kier molecular flexibility index (Phi) is 4.35. The summed E-state index contributed by atoms with van der Waals surface area (Å²) in [6.07, 6.45) is 3.75. The topological polar surface area (TPSA) is 112 Å². The molecule has 0 aromatic carbocycles. The summed E-state index contributed by atoms with van der Waals surface area (Å²) < 4.78 is 15.2. The molecule has 0 aliphatic heterocycles. The first-order valence-corrected chi connectivity index (χ1v) is 7.30. The smallest absolute Gasteiger partial charge is 0.322 e. The Morgan fingerprint density at radius 2 is 1.83 bits per heavy atom. The van der Waals surface area contributed by atoms with Crippen LogP contribution < -0.4 is 14.8 Å². The van der Waals surface area contributed by atoms with Gasteiger partial charge in [-0.1, -0.05) is 5.16 Å². The van der Waals surface area contributed by atoms with Gasteiger partial charge in [0.25, 0.3) is 5.91 Å². The van der Waals surface area contributed by atoms with E-state index in [-0.39, 0.29) is 24.5 Å². The molecule has 23 heavy (non-hydrogen) atoms. The van der Waals surface area contributed by atoms with Gasteiger partial charge in [-0.15, -0.1) is 4.98 Å². The fraction of sp³-hybridized carbons (Fsp3) is 0.500. The van der Waals surface area contributed by atoms with E-state index < -0.39 is 0 Å². The van der Waals surface area contributed by atoms with Crippen LogP contribution in [-0.4, -0.2) is 40.2 Å². The summed E-state index contributed by atoms with van der Waals surface area (Å²) in [5.41, 5.74) is 1.24. The number of carbonyl (C=O) groups excluding carboxylic acids is 1. The summed E-state index contributed by atoms with van der Waals surface area (Å²) in [4.78, 5) is 24.3. The van der Waals surface area contributed by atoms with E-state index in [1.807, 2.05) is 0 Å². The molecule has 1 aliphatic carbocycles. The molecule has 0 saturated carbocycles. The molecule has 1 N–H and O–H groups in total. The summed E-state index contributed by atoms with van der Waals surface area (Å²) in [6, 6.07) is 0.250. The number of aryl methyl sites for hydroxylation is 1. The Balaban J connectivity index is 1.71. The molecule has 0 unspecified atom stereocenters. The van der Waals surface area contributed by atoms with Crippen molar-refractivity contribution in [2.24, 2.45) is 0 Å². The maximum atomic E-state index is 12.3.